The maximum absolute atomic E-state index is 13.1. The molecule has 0 fully saturated rings. The van der Waals surface area contributed by atoms with Gasteiger partial charge in [0.05, 0.1) is 22.9 Å². The van der Waals surface area contributed by atoms with E-state index in [0.29, 0.717) is 33.0 Å². The lowest BCUT2D eigenvalue weighted by Gasteiger charge is -2.08. The van der Waals surface area contributed by atoms with Crippen LogP contribution in [0, 0.1) is 0 Å². The minimum Gasteiger partial charge on any atom is -0.322 e. The zero-order chi connectivity index (χ0) is 23.4. The van der Waals surface area contributed by atoms with Crippen LogP contribution in [0.2, 0.25) is 5.02 Å². The summed E-state index contributed by atoms with van der Waals surface area (Å²) in [6, 6.07) is 14.6. The SMILES string of the molecule is [N-]=[N+]=NC=CC(=O)n1c(=O)n(-c2ccc(NC(=O)c3cccc(Cl)c3)cc2)c2cnccc21. The molecule has 11 heteroatoms. The van der Waals surface area contributed by atoms with Gasteiger partial charge in [0.2, 0.25) is 0 Å². The van der Waals surface area contributed by atoms with Crippen molar-refractivity contribution in [1.29, 1.82) is 0 Å². The maximum Gasteiger partial charge on any atom is 0.340 e. The summed E-state index contributed by atoms with van der Waals surface area (Å²) >= 11 is 5.93. The van der Waals surface area contributed by atoms with Crippen molar-refractivity contribution in [1.82, 2.24) is 14.1 Å². The minimum atomic E-state index is -0.673. The Morgan fingerprint density at radius 1 is 1.12 bits per heavy atom. The number of allylic oxidation sites excluding steroid dienone is 1. The number of imidazole rings is 1. The fourth-order valence-electron chi connectivity index (χ4n) is 3.24. The van der Waals surface area contributed by atoms with Crippen molar-refractivity contribution in [3.8, 4) is 5.69 Å². The van der Waals surface area contributed by atoms with Gasteiger partial charge in [-0.05, 0) is 54.1 Å². The molecule has 0 aliphatic rings. The molecule has 0 aliphatic carbocycles. The first-order valence-electron chi connectivity index (χ1n) is 9.49. The number of benzene rings is 2. The van der Waals surface area contributed by atoms with Crippen molar-refractivity contribution in [3.63, 3.8) is 0 Å². The van der Waals surface area contributed by atoms with Crippen molar-refractivity contribution in [2.24, 2.45) is 5.11 Å². The quantitative estimate of drug-likeness (QED) is 0.202. The maximum atomic E-state index is 13.1. The normalized spacial score (nSPS) is 10.8. The van der Waals surface area contributed by atoms with Gasteiger partial charge < -0.3 is 5.32 Å². The highest BCUT2D eigenvalue weighted by Crippen LogP contribution is 2.20. The Hall–Kier alpha value is -4.66. The van der Waals surface area contributed by atoms with Crippen LogP contribution in [0.4, 0.5) is 5.69 Å². The van der Waals surface area contributed by atoms with E-state index in [2.05, 4.69) is 20.3 Å². The minimum absolute atomic E-state index is 0.333. The number of anilines is 1. The number of rotatable bonds is 5. The van der Waals surface area contributed by atoms with E-state index in [1.807, 2.05) is 0 Å². The number of nitrogens with zero attached hydrogens (tertiary/aromatic N) is 6. The van der Waals surface area contributed by atoms with Gasteiger partial charge in [-0.25, -0.2) is 9.36 Å². The number of carbonyl (C=O) groups is 2. The first kappa shape index (κ1) is 21.6. The zero-order valence-corrected chi connectivity index (χ0v) is 17.5. The molecule has 2 heterocycles. The fourth-order valence-corrected chi connectivity index (χ4v) is 3.43. The largest absolute Gasteiger partial charge is 0.340 e. The third-order valence-corrected chi connectivity index (χ3v) is 4.90. The smallest absolute Gasteiger partial charge is 0.322 e. The summed E-state index contributed by atoms with van der Waals surface area (Å²) < 4.78 is 2.28. The van der Waals surface area contributed by atoms with Crippen molar-refractivity contribution < 1.29 is 9.59 Å². The van der Waals surface area contributed by atoms with Gasteiger partial charge in [-0.1, -0.05) is 22.8 Å². The molecule has 0 unspecified atom stereocenters. The summed E-state index contributed by atoms with van der Waals surface area (Å²) in [5.41, 5.74) is 9.86. The Balaban J connectivity index is 1.69. The van der Waals surface area contributed by atoms with Gasteiger partial charge in [0.15, 0.2) is 0 Å². The molecule has 2 aromatic carbocycles. The third-order valence-electron chi connectivity index (χ3n) is 4.67. The van der Waals surface area contributed by atoms with E-state index < -0.39 is 11.6 Å². The summed E-state index contributed by atoms with van der Waals surface area (Å²) in [5.74, 6) is -1.01. The van der Waals surface area contributed by atoms with Crippen LogP contribution in [-0.2, 0) is 0 Å². The van der Waals surface area contributed by atoms with Gasteiger partial charge in [-0.3, -0.25) is 19.1 Å². The summed E-state index contributed by atoms with van der Waals surface area (Å²) in [6.07, 6.45) is 4.89. The lowest BCUT2D eigenvalue weighted by atomic mass is 10.2. The van der Waals surface area contributed by atoms with Gasteiger partial charge in [-0.2, -0.15) is 0 Å². The van der Waals surface area contributed by atoms with Gasteiger partial charge in [0.1, 0.15) is 0 Å². The van der Waals surface area contributed by atoms with Crippen LogP contribution in [-0.4, -0.2) is 25.9 Å². The molecule has 0 saturated heterocycles. The Labute approximate surface area is 191 Å². The zero-order valence-electron chi connectivity index (χ0n) is 16.8. The molecular weight excluding hydrogens is 446 g/mol. The Morgan fingerprint density at radius 2 is 1.91 bits per heavy atom. The summed E-state index contributed by atoms with van der Waals surface area (Å²) in [5, 5.41) is 6.39. The lowest BCUT2D eigenvalue weighted by molar-refractivity contribution is 0.0968. The van der Waals surface area contributed by atoms with Gasteiger partial charge in [-0.15, -0.1) is 0 Å². The number of hydrogen-bond acceptors (Lipinski definition) is 5. The summed E-state index contributed by atoms with van der Waals surface area (Å²) in [7, 11) is 0. The van der Waals surface area contributed by atoms with Crippen LogP contribution >= 0.6 is 11.6 Å². The van der Waals surface area contributed by atoms with Crippen molar-refractivity contribution in [2.75, 3.05) is 5.32 Å². The van der Waals surface area contributed by atoms with Crippen LogP contribution in [0.3, 0.4) is 0 Å². The topological polar surface area (TPSA) is 135 Å². The van der Waals surface area contributed by atoms with Crippen molar-refractivity contribution in [3.05, 3.63) is 111 Å². The molecule has 0 radical (unpaired) electrons. The number of carbonyl (C=O) groups excluding carboxylic acids is 2. The van der Waals surface area contributed by atoms with Crippen LogP contribution in [0.1, 0.15) is 15.2 Å². The third kappa shape index (κ3) is 4.38. The van der Waals surface area contributed by atoms with E-state index in [-0.39, 0.29) is 5.91 Å². The molecule has 0 aliphatic heterocycles. The highest BCUT2D eigenvalue weighted by Gasteiger charge is 2.18. The number of hydrogen-bond donors (Lipinski definition) is 1. The molecule has 1 amide bonds. The molecule has 2 aromatic heterocycles. The molecular formula is C22H14ClN7O3. The van der Waals surface area contributed by atoms with Crippen molar-refractivity contribution >= 4 is 40.1 Å². The second-order valence-corrected chi connectivity index (χ2v) is 7.12. The molecule has 0 atom stereocenters. The first-order chi connectivity index (χ1) is 16.0. The van der Waals surface area contributed by atoms with E-state index in [9.17, 15) is 14.4 Å². The Morgan fingerprint density at radius 3 is 2.64 bits per heavy atom. The van der Waals surface area contributed by atoms with E-state index in [4.69, 9.17) is 17.1 Å². The molecule has 4 aromatic rings. The van der Waals surface area contributed by atoms with E-state index in [1.54, 1.807) is 48.5 Å². The number of aromatic nitrogens is 3. The number of pyridine rings is 1. The van der Waals surface area contributed by atoms with Crippen LogP contribution in [0.15, 0.2) is 89.2 Å². The van der Waals surface area contributed by atoms with Crippen LogP contribution in [0.5, 0.6) is 0 Å². The van der Waals surface area contributed by atoms with Crippen molar-refractivity contribution in [2.45, 2.75) is 0 Å². The summed E-state index contributed by atoms with van der Waals surface area (Å²) in [4.78, 5) is 44.6. The molecule has 0 spiro atoms. The molecule has 33 heavy (non-hydrogen) atoms. The second kappa shape index (κ2) is 9.23. The predicted octanol–water partition coefficient (Wildman–Crippen LogP) is 4.56. The highest BCUT2D eigenvalue weighted by molar-refractivity contribution is 6.31. The monoisotopic (exact) mass is 459 g/mol. The van der Waals surface area contributed by atoms with Gasteiger partial charge >= 0.3 is 5.69 Å². The Bertz CT molecular complexity index is 1510. The molecule has 0 bridgehead atoms. The fraction of sp³-hybridized carbons (Fsp3) is 0. The number of fused-ring (bicyclic) bond motifs is 1. The number of azide groups is 1. The van der Waals surface area contributed by atoms with Crippen LogP contribution in [0.25, 0.3) is 27.2 Å². The number of halogens is 1. The van der Waals surface area contributed by atoms with E-state index in [0.717, 1.165) is 16.8 Å². The lowest BCUT2D eigenvalue weighted by Crippen LogP contribution is -2.27. The van der Waals surface area contributed by atoms with E-state index in [1.165, 1.54) is 23.0 Å². The first-order valence-corrected chi connectivity index (χ1v) is 9.87. The standard InChI is InChI=1S/C22H14ClN7O3/c23-15-3-1-2-14(12-15)21(32)27-16-4-6-17(7-5-16)29-19-13-25-10-8-18(19)30(22(29)33)20(31)9-11-26-28-24/h1-13H,(H,27,32). The molecule has 1 N–H and O–H groups in total. The Kier molecular flexibility index (Phi) is 6.03. The second-order valence-electron chi connectivity index (χ2n) is 6.69. The molecule has 162 valence electrons. The average molecular weight is 460 g/mol. The molecule has 4 rings (SSSR count). The van der Waals surface area contributed by atoms with Crippen LogP contribution < -0.4 is 11.0 Å². The summed E-state index contributed by atoms with van der Waals surface area (Å²) in [6.45, 7) is 0. The highest BCUT2D eigenvalue weighted by atomic mass is 35.5. The predicted molar refractivity (Wildman–Crippen MR) is 124 cm³/mol. The number of amides is 1. The van der Waals surface area contributed by atoms with Gasteiger partial charge in [0.25, 0.3) is 11.8 Å². The molecule has 0 saturated carbocycles. The number of nitrogens with one attached hydrogen (secondary N) is 1. The van der Waals surface area contributed by atoms with E-state index >= 15 is 0 Å². The average Bonchev–Trinajstić information content (AvgIpc) is 3.11. The van der Waals surface area contributed by atoms with Gasteiger partial charge in [0, 0.05) is 39.7 Å². The molecule has 10 nitrogen and oxygen atoms in total.